The highest BCUT2D eigenvalue weighted by Crippen LogP contribution is 2.24. The van der Waals surface area contributed by atoms with Crippen LogP contribution in [0, 0.1) is 11.3 Å². The van der Waals surface area contributed by atoms with Crippen molar-refractivity contribution in [2.24, 2.45) is 5.10 Å². The molecule has 1 N–H and O–H groups in total. The third kappa shape index (κ3) is 2.60. The van der Waals surface area contributed by atoms with Crippen LogP contribution in [-0.4, -0.2) is 10.7 Å². The molecule has 1 heterocycles. The summed E-state index contributed by atoms with van der Waals surface area (Å²) in [5.74, 6) is 0. The number of hydrogen-bond acceptors (Lipinski definition) is 5. The number of hydrogen-bond donors (Lipinski definition) is 1. The fourth-order valence-electron chi connectivity index (χ4n) is 2.53. The van der Waals surface area contributed by atoms with E-state index in [1.807, 2.05) is 66.7 Å². The van der Waals surface area contributed by atoms with Crippen LogP contribution in [0.5, 0.6) is 0 Å². The molecule has 0 aliphatic carbocycles. The number of para-hydroxylation sites is 1. The maximum atomic E-state index is 9.44. The Hall–Kier alpha value is -3.23. The van der Waals surface area contributed by atoms with Gasteiger partial charge >= 0.3 is 0 Å². The van der Waals surface area contributed by atoms with Crippen LogP contribution in [0.4, 0.5) is 5.69 Å². The van der Waals surface area contributed by atoms with Crippen molar-refractivity contribution in [1.29, 1.82) is 5.26 Å². The molecule has 5 heteroatoms. The Kier molecular flexibility index (Phi) is 3.66. The number of hydrazone groups is 1. The first-order chi connectivity index (χ1) is 11.8. The van der Waals surface area contributed by atoms with Crippen molar-refractivity contribution >= 4 is 43.7 Å². The number of thiazole rings is 1. The minimum atomic E-state index is 0.282. The number of aromatic nitrogens is 1. The molecule has 0 aliphatic heterocycles. The van der Waals surface area contributed by atoms with E-state index < -0.39 is 0 Å². The number of rotatable bonds is 3. The van der Waals surface area contributed by atoms with Gasteiger partial charge in [-0.3, -0.25) is 5.43 Å². The van der Waals surface area contributed by atoms with Crippen molar-refractivity contribution in [2.75, 3.05) is 5.43 Å². The normalized spacial score (nSPS) is 11.5. The summed E-state index contributed by atoms with van der Waals surface area (Å²) in [5, 5.41) is 16.5. The van der Waals surface area contributed by atoms with Gasteiger partial charge in [-0.25, -0.2) is 4.98 Å². The van der Waals surface area contributed by atoms with Gasteiger partial charge in [-0.2, -0.15) is 10.4 Å². The molecule has 0 radical (unpaired) electrons. The third-order valence-corrected chi connectivity index (χ3v) is 4.72. The molecule has 4 nitrogen and oxygen atoms in total. The van der Waals surface area contributed by atoms with Gasteiger partial charge in [0.25, 0.3) is 0 Å². The standard InChI is InChI=1S/C19H12N4S/c20-12-17(19-21-16-9-3-4-11-18(16)24-19)23-22-15-10-5-7-13-6-1-2-8-14(13)15/h1-11,22H/b23-17-. The smallest absolute Gasteiger partial charge is 0.196 e. The van der Waals surface area contributed by atoms with Crippen molar-refractivity contribution in [3.8, 4) is 6.07 Å². The van der Waals surface area contributed by atoms with Crippen molar-refractivity contribution in [3.63, 3.8) is 0 Å². The molecule has 0 fully saturated rings. The maximum absolute atomic E-state index is 9.44. The molecule has 3 aromatic carbocycles. The van der Waals surface area contributed by atoms with Crippen LogP contribution in [0.25, 0.3) is 21.0 Å². The molecule has 4 rings (SSSR count). The van der Waals surface area contributed by atoms with E-state index in [1.165, 1.54) is 11.3 Å². The monoisotopic (exact) mass is 328 g/mol. The van der Waals surface area contributed by atoms with Crippen LogP contribution < -0.4 is 5.43 Å². The van der Waals surface area contributed by atoms with E-state index in [4.69, 9.17) is 0 Å². The highest BCUT2D eigenvalue weighted by Gasteiger charge is 2.10. The lowest BCUT2D eigenvalue weighted by Crippen LogP contribution is -2.01. The molecule has 0 spiro atoms. The fraction of sp³-hybridized carbons (Fsp3) is 0. The molecule has 0 amide bonds. The van der Waals surface area contributed by atoms with Gasteiger partial charge in [0.1, 0.15) is 6.07 Å². The van der Waals surface area contributed by atoms with E-state index in [-0.39, 0.29) is 5.71 Å². The molecule has 0 atom stereocenters. The first-order valence-electron chi connectivity index (χ1n) is 7.42. The van der Waals surface area contributed by atoms with Gasteiger partial charge < -0.3 is 0 Å². The van der Waals surface area contributed by atoms with Gasteiger partial charge in [-0.1, -0.05) is 48.5 Å². The molecule has 114 valence electrons. The second-order valence-corrected chi connectivity index (χ2v) is 6.23. The lowest BCUT2D eigenvalue weighted by Gasteiger charge is -2.05. The lowest BCUT2D eigenvalue weighted by molar-refractivity contribution is 1.33. The molecule has 24 heavy (non-hydrogen) atoms. The summed E-state index contributed by atoms with van der Waals surface area (Å²) in [6.45, 7) is 0. The number of nitrogens with one attached hydrogen (secondary N) is 1. The van der Waals surface area contributed by atoms with Crippen LogP contribution >= 0.6 is 11.3 Å². The minimum absolute atomic E-state index is 0.282. The number of anilines is 1. The van der Waals surface area contributed by atoms with Crippen LogP contribution in [0.15, 0.2) is 71.8 Å². The zero-order chi connectivity index (χ0) is 16.4. The number of nitrogens with zero attached hydrogens (tertiary/aromatic N) is 3. The van der Waals surface area contributed by atoms with E-state index in [0.717, 1.165) is 26.7 Å². The molecule has 0 aliphatic rings. The predicted octanol–water partition coefficient (Wildman–Crippen LogP) is 4.79. The van der Waals surface area contributed by atoms with Crippen molar-refractivity contribution in [2.45, 2.75) is 0 Å². The largest absolute Gasteiger partial charge is 0.276 e. The van der Waals surface area contributed by atoms with Gasteiger partial charge in [-0.15, -0.1) is 11.3 Å². The predicted molar refractivity (Wildman–Crippen MR) is 99.3 cm³/mol. The summed E-state index contributed by atoms with van der Waals surface area (Å²) in [7, 11) is 0. The van der Waals surface area contributed by atoms with Gasteiger partial charge in [0.15, 0.2) is 10.7 Å². The Morgan fingerprint density at radius 3 is 2.67 bits per heavy atom. The van der Waals surface area contributed by atoms with Crippen LogP contribution in [0.2, 0.25) is 0 Å². The van der Waals surface area contributed by atoms with E-state index in [0.29, 0.717) is 5.01 Å². The van der Waals surface area contributed by atoms with Crippen LogP contribution in [0.1, 0.15) is 5.01 Å². The van der Waals surface area contributed by atoms with E-state index in [2.05, 4.69) is 21.6 Å². The molecule has 1 aromatic heterocycles. The summed E-state index contributed by atoms with van der Waals surface area (Å²) < 4.78 is 1.04. The van der Waals surface area contributed by atoms with Crippen LogP contribution in [-0.2, 0) is 0 Å². The molecular weight excluding hydrogens is 316 g/mol. The molecule has 4 aromatic rings. The number of nitriles is 1. The van der Waals surface area contributed by atoms with Gasteiger partial charge in [0.05, 0.1) is 15.9 Å². The molecule has 0 saturated heterocycles. The van der Waals surface area contributed by atoms with E-state index in [1.54, 1.807) is 0 Å². The third-order valence-electron chi connectivity index (χ3n) is 3.68. The Balaban J connectivity index is 1.71. The topological polar surface area (TPSA) is 61.1 Å². The molecule has 0 saturated carbocycles. The Morgan fingerprint density at radius 1 is 1.00 bits per heavy atom. The molecule has 0 bridgehead atoms. The SMILES string of the molecule is N#C/C(=N/Nc1cccc2ccccc12)c1nc2ccccc2s1. The fourth-order valence-corrected chi connectivity index (χ4v) is 3.44. The molecular formula is C19H12N4S. The highest BCUT2D eigenvalue weighted by atomic mass is 32.1. The summed E-state index contributed by atoms with van der Waals surface area (Å²) >= 11 is 1.46. The Labute approximate surface area is 142 Å². The summed E-state index contributed by atoms with van der Waals surface area (Å²) in [6, 6.07) is 23.9. The highest BCUT2D eigenvalue weighted by molar-refractivity contribution is 7.20. The Morgan fingerprint density at radius 2 is 1.79 bits per heavy atom. The second-order valence-electron chi connectivity index (χ2n) is 5.20. The van der Waals surface area contributed by atoms with Crippen molar-refractivity contribution in [1.82, 2.24) is 4.98 Å². The van der Waals surface area contributed by atoms with Crippen LogP contribution in [0.3, 0.4) is 0 Å². The van der Waals surface area contributed by atoms with Gasteiger partial charge in [0.2, 0.25) is 0 Å². The second kappa shape index (κ2) is 6.11. The Bertz CT molecular complexity index is 1070. The maximum Gasteiger partial charge on any atom is 0.196 e. The van der Waals surface area contributed by atoms with Crippen molar-refractivity contribution in [3.05, 3.63) is 71.7 Å². The quantitative estimate of drug-likeness (QED) is 0.434. The molecule has 0 unspecified atom stereocenters. The average molecular weight is 328 g/mol. The zero-order valence-corrected chi connectivity index (χ0v) is 13.4. The van der Waals surface area contributed by atoms with E-state index in [9.17, 15) is 5.26 Å². The number of fused-ring (bicyclic) bond motifs is 2. The zero-order valence-electron chi connectivity index (χ0n) is 12.6. The summed E-state index contributed by atoms with van der Waals surface area (Å²) in [6.07, 6.45) is 0. The average Bonchev–Trinajstić information content (AvgIpc) is 3.06. The lowest BCUT2D eigenvalue weighted by atomic mass is 10.1. The first-order valence-corrected chi connectivity index (χ1v) is 8.24. The summed E-state index contributed by atoms with van der Waals surface area (Å²) in [5.41, 5.74) is 5.04. The summed E-state index contributed by atoms with van der Waals surface area (Å²) in [4.78, 5) is 4.48. The minimum Gasteiger partial charge on any atom is -0.276 e. The number of benzene rings is 3. The van der Waals surface area contributed by atoms with Gasteiger partial charge in [0, 0.05) is 5.39 Å². The first kappa shape index (κ1) is 14.4. The van der Waals surface area contributed by atoms with Gasteiger partial charge in [-0.05, 0) is 23.6 Å². The van der Waals surface area contributed by atoms with E-state index >= 15 is 0 Å². The van der Waals surface area contributed by atoms with Crippen molar-refractivity contribution < 1.29 is 0 Å².